The van der Waals surface area contributed by atoms with E-state index in [0.717, 1.165) is 6.20 Å². The first-order chi connectivity index (χ1) is 6.39. The highest BCUT2D eigenvalue weighted by atomic mass is 35.5. The Balaban J connectivity index is 2.75. The Bertz CT molecular complexity index is 353. The van der Waals surface area contributed by atoms with Crippen molar-refractivity contribution >= 4 is 17.4 Å². The van der Waals surface area contributed by atoms with Gasteiger partial charge in [-0.25, -0.2) is 4.98 Å². The van der Waals surface area contributed by atoms with Crippen LogP contribution in [-0.2, 0) is 11.2 Å². The summed E-state index contributed by atoms with van der Waals surface area (Å²) in [5.41, 5.74) is -0.0974. The van der Waals surface area contributed by atoms with Crippen LogP contribution in [0.2, 0.25) is 5.15 Å². The van der Waals surface area contributed by atoms with E-state index in [0.29, 0.717) is 0 Å². The molecule has 1 rings (SSSR count). The van der Waals surface area contributed by atoms with E-state index >= 15 is 0 Å². The van der Waals surface area contributed by atoms with E-state index in [1.165, 1.54) is 6.20 Å². The summed E-state index contributed by atoms with van der Waals surface area (Å²) in [5.74, 6) is -1.87. The molecule has 14 heavy (non-hydrogen) atoms. The number of hydrogen-bond acceptors (Lipinski definition) is 3. The van der Waals surface area contributed by atoms with Gasteiger partial charge in [-0.15, -0.1) is 0 Å². The van der Waals surface area contributed by atoms with Gasteiger partial charge in [0.05, 0.1) is 18.3 Å². The molecule has 0 aliphatic heterocycles. The fourth-order valence-corrected chi connectivity index (χ4v) is 0.895. The average molecular weight is 225 g/mol. The molecule has 1 heterocycles. The second-order valence-electron chi connectivity index (χ2n) is 2.43. The zero-order valence-electron chi connectivity index (χ0n) is 6.68. The Morgan fingerprint density at radius 1 is 1.43 bits per heavy atom. The van der Waals surface area contributed by atoms with Crippen LogP contribution in [0.4, 0.5) is 13.2 Å². The summed E-state index contributed by atoms with van der Waals surface area (Å²) in [6.45, 7) is 0. The SMILES string of the molecule is O=C(Cc1cncc(Cl)n1)C(F)(F)F. The van der Waals surface area contributed by atoms with Crippen molar-refractivity contribution in [3.05, 3.63) is 23.2 Å². The summed E-state index contributed by atoms with van der Waals surface area (Å²) in [6.07, 6.45) is -3.44. The number of carbonyl (C=O) groups excluding carboxylic acids is 1. The summed E-state index contributed by atoms with van der Waals surface area (Å²) < 4.78 is 35.4. The van der Waals surface area contributed by atoms with Crippen molar-refractivity contribution < 1.29 is 18.0 Å². The monoisotopic (exact) mass is 224 g/mol. The van der Waals surface area contributed by atoms with Crippen LogP contribution in [0.25, 0.3) is 0 Å². The van der Waals surface area contributed by atoms with Crippen molar-refractivity contribution in [2.45, 2.75) is 12.6 Å². The van der Waals surface area contributed by atoms with Crippen molar-refractivity contribution in [3.63, 3.8) is 0 Å². The van der Waals surface area contributed by atoms with Crippen LogP contribution in [0, 0.1) is 0 Å². The molecule has 0 saturated heterocycles. The molecule has 0 radical (unpaired) electrons. The van der Waals surface area contributed by atoms with Crippen LogP contribution in [-0.4, -0.2) is 21.9 Å². The minimum Gasteiger partial charge on any atom is -0.289 e. The number of nitrogens with zero attached hydrogens (tertiary/aromatic N) is 2. The molecule has 7 heteroatoms. The van der Waals surface area contributed by atoms with E-state index in [1.54, 1.807) is 0 Å². The molecular formula is C7H4ClF3N2O. The van der Waals surface area contributed by atoms with Gasteiger partial charge in [0.25, 0.3) is 0 Å². The van der Waals surface area contributed by atoms with Gasteiger partial charge in [-0.05, 0) is 0 Å². The van der Waals surface area contributed by atoms with Crippen molar-refractivity contribution in [2.75, 3.05) is 0 Å². The molecule has 76 valence electrons. The lowest BCUT2D eigenvalue weighted by molar-refractivity contribution is -0.170. The molecular weight excluding hydrogens is 221 g/mol. The third-order valence-electron chi connectivity index (χ3n) is 1.31. The number of alkyl halides is 3. The fourth-order valence-electron chi connectivity index (χ4n) is 0.730. The van der Waals surface area contributed by atoms with E-state index < -0.39 is 18.4 Å². The highest BCUT2D eigenvalue weighted by Gasteiger charge is 2.38. The molecule has 0 saturated carbocycles. The van der Waals surface area contributed by atoms with E-state index in [-0.39, 0.29) is 10.8 Å². The summed E-state index contributed by atoms with van der Waals surface area (Å²) in [4.78, 5) is 17.5. The fraction of sp³-hybridized carbons (Fsp3) is 0.286. The maximum absolute atomic E-state index is 11.8. The Kier molecular flexibility index (Phi) is 3.05. The highest BCUT2D eigenvalue weighted by molar-refractivity contribution is 6.29. The van der Waals surface area contributed by atoms with Crippen LogP contribution in [0.1, 0.15) is 5.69 Å². The molecule has 1 aromatic rings. The second-order valence-corrected chi connectivity index (χ2v) is 2.82. The van der Waals surface area contributed by atoms with Crippen molar-refractivity contribution in [2.24, 2.45) is 0 Å². The second kappa shape index (κ2) is 3.91. The van der Waals surface area contributed by atoms with Gasteiger partial charge in [-0.1, -0.05) is 11.6 Å². The lowest BCUT2D eigenvalue weighted by Gasteiger charge is -2.03. The van der Waals surface area contributed by atoms with Gasteiger partial charge in [0.2, 0.25) is 5.78 Å². The third kappa shape index (κ3) is 2.95. The van der Waals surface area contributed by atoms with Gasteiger partial charge in [-0.2, -0.15) is 13.2 Å². The molecule has 0 fully saturated rings. The van der Waals surface area contributed by atoms with Crippen LogP contribution >= 0.6 is 11.6 Å². The smallest absolute Gasteiger partial charge is 0.289 e. The number of halogens is 4. The Morgan fingerprint density at radius 2 is 2.07 bits per heavy atom. The number of ketones is 1. The minimum absolute atomic E-state index is 0.0440. The summed E-state index contributed by atoms with van der Waals surface area (Å²) in [7, 11) is 0. The zero-order chi connectivity index (χ0) is 10.8. The molecule has 0 N–H and O–H groups in total. The lowest BCUT2D eigenvalue weighted by Crippen LogP contribution is -2.25. The van der Waals surface area contributed by atoms with Crippen LogP contribution < -0.4 is 0 Å². The molecule has 1 aromatic heterocycles. The van der Waals surface area contributed by atoms with Gasteiger partial charge in [-0.3, -0.25) is 9.78 Å². The standard InChI is InChI=1S/C7H4ClF3N2O/c8-6-3-12-2-4(13-6)1-5(14)7(9,10)11/h2-3H,1H2. The molecule has 3 nitrogen and oxygen atoms in total. The Hall–Kier alpha value is -1.17. The molecule has 0 atom stereocenters. The molecule has 0 unspecified atom stereocenters. The van der Waals surface area contributed by atoms with Gasteiger partial charge >= 0.3 is 6.18 Å². The van der Waals surface area contributed by atoms with Gasteiger partial charge in [0, 0.05) is 6.20 Å². The van der Waals surface area contributed by atoms with Crippen molar-refractivity contribution in [1.82, 2.24) is 9.97 Å². The number of aromatic nitrogens is 2. The average Bonchev–Trinajstić information content (AvgIpc) is 2.02. The third-order valence-corrected chi connectivity index (χ3v) is 1.49. The molecule has 0 aliphatic rings. The van der Waals surface area contributed by atoms with Crippen molar-refractivity contribution in [3.8, 4) is 0 Å². The summed E-state index contributed by atoms with van der Waals surface area (Å²) in [5, 5.41) is -0.0440. The van der Waals surface area contributed by atoms with Crippen LogP contribution in [0.3, 0.4) is 0 Å². The first-order valence-corrected chi connectivity index (χ1v) is 3.84. The molecule has 0 aromatic carbocycles. The Labute approximate surface area is 81.9 Å². The minimum atomic E-state index is -4.84. The summed E-state index contributed by atoms with van der Waals surface area (Å²) in [6, 6.07) is 0. The normalized spacial score (nSPS) is 11.4. The first-order valence-electron chi connectivity index (χ1n) is 3.46. The molecule has 0 spiro atoms. The Morgan fingerprint density at radius 3 is 2.57 bits per heavy atom. The lowest BCUT2D eigenvalue weighted by atomic mass is 10.2. The number of Topliss-reactive ketones (excluding diaryl/α,β-unsaturated/α-hetero) is 1. The number of rotatable bonds is 2. The number of carbonyl (C=O) groups is 1. The molecule has 0 amide bonds. The van der Waals surface area contributed by atoms with E-state index in [9.17, 15) is 18.0 Å². The first kappa shape index (κ1) is 10.9. The topological polar surface area (TPSA) is 42.9 Å². The predicted molar refractivity (Wildman–Crippen MR) is 41.8 cm³/mol. The quantitative estimate of drug-likeness (QED) is 0.769. The molecule has 0 bridgehead atoms. The van der Waals surface area contributed by atoms with E-state index in [2.05, 4.69) is 9.97 Å². The summed E-state index contributed by atoms with van der Waals surface area (Å²) >= 11 is 5.38. The van der Waals surface area contributed by atoms with Crippen LogP contribution in [0.15, 0.2) is 12.4 Å². The maximum atomic E-state index is 11.8. The maximum Gasteiger partial charge on any atom is 0.450 e. The predicted octanol–water partition coefficient (Wildman–Crippen LogP) is 1.80. The van der Waals surface area contributed by atoms with E-state index in [1.807, 2.05) is 0 Å². The van der Waals surface area contributed by atoms with Gasteiger partial charge in [0.1, 0.15) is 5.15 Å². The van der Waals surface area contributed by atoms with Crippen LogP contribution in [0.5, 0.6) is 0 Å². The zero-order valence-corrected chi connectivity index (χ0v) is 7.43. The highest BCUT2D eigenvalue weighted by Crippen LogP contribution is 2.18. The molecule has 0 aliphatic carbocycles. The number of hydrogen-bond donors (Lipinski definition) is 0. The van der Waals surface area contributed by atoms with E-state index in [4.69, 9.17) is 11.6 Å². The van der Waals surface area contributed by atoms with Crippen molar-refractivity contribution in [1.29, 1.82) is 0 Å². The largest absolute Gasteiger partial charge is 0.450 e. The van der Waals surface area contributed by atoms with Gasteiger partial charge in [0.15, 0.2) is 0 Å². The van der Waals surface area contributed by atoms with Gasteiger partial charge < -0.3 is 0 Å².